The normalized spacial score (nSPS) is 28.3. The number of hydrogen-bond acceptors (Lipinski definition) is 2. The van der Waals surface area contributed by atoms with E-state index in [1.54, 1.807) is 0 Å². The van der Waals surface area contributed by atoms with Gasteiger partial charge in [0.15, 0.2) is 0 Å². The van der Waals surface area contributed by atoms with Crippen LogP contribution in [0.25, 0.3) is 0 Å². The first-order valence-electron chi connectivity index (χ1n) is 6.98. The van der Waals surface area contributed by atoms with Crippen molar-refractivity contribution in [2.75, 3.05) is 13.6 Å². The largest absolute Gasteiger partial charge is 0.393 e. The molecule has 0 aliphatic heterocycles. The molecule has 0 amide bonds. The molecule has 2 N–H and O–H groups in total. The first kappa shape index (κ1) is 13.6. The highest BCUT2D eigenvalue weighted by atomic mass is 16.3. The Kier molecular flexibility index (Phi) is 4.08. The van der Waals surface area contributed by atoms with Gasteiger partial charge in [0.2, 0.25) is 0 Å². The molecule has 2 nitrogen and oxygen atoms in total. The third kappa shape index (κ3) is 2.60. The number of hydrogen-bond donors (Lipinski definition) is 2. The van der Waals surface area contributed by atoms with Gasteiger partial charge in [0.25, 0.3) is 0 Å². The summed E-state index contributed by atoms with van der Waals surface area (Å²) in [7, 11) is 2.03. The SMILES string of the molecule is CNCC1(c2cc(C)ccc2C)CCC(O)CC1. The second kappa shape index (κ2) is 5.41. The Morgan fingerprint density at radius 1 is 1.28 bits per heavy atom. The smallest absolute Gasteiger partial charge is 0.0541 e. The van der Waals surface area contributed by atoms with Crippen molar-refractivity contribution in [1.29, 1.82) is 0 Å². The van der Waals surface area contributed by atoms with E-state index in [-0.39, 0.29) is 11.5 Å². The molecule has 0 spiro atoms. The van der Waals surface area contributed by atoms with Crippen LogP contribution in [0.3, 0.4) is 0 Å². The van der Waals surface area contributed by atoms with Crippen molar-refractivity contribution in [2.45, 2.75) is 51.0 Å². The second-order valence-electron chi connectivity index (χ2n) is 5.86. The lowest BCUT2D eigenvalue weighted by atomic mass is 9.67. The van der Waals surface area contributed by atoms with Crippen molar-refractivity contribution >= 4 is 0 Å². The second-order valence-corrected chi connectivity index (χ2v) is 5.86. The molecule has 1 aliphatic carbocycles. The van der Waals surface area contributed by atoms with Gasteiger partial charge in [-0.1, -0.05) is 23.8 Å². The summed E-state index contributed by atoms with van der Waals surface area (Å²) in [6.45, 7) is 5.37. The maximum atomic E-state index is 9.76. The van der Waals surface area contributed by atoms with Crippen LogP contribution in [0.5, 0.6) is 0 Å². The fourth-order valence-electron chi connectivity index (χ4n) is 3.34. The fourth-order valence-corrected chi connectivity index (χ4v) is 3.34. The number of aryl methyl sites for hydroxylation is 2. The molecular formula is C16H25NO. The van der Waals surface area contributed by atoms with Crippen molar-refractivity contribution in [2.24, 2.45) is 0 Å². The summed E-state index contributed by atoms with van der Waals surface area (Å²) in [4.78, 5) is 0. The van der Waals surface area contributed by atoms with Crippen LogP contribution >= 0.6 is 0 Å². The Morgan fingerprint density at radius 3 is 2.56 bits per heavy atom. The molecule has 18 heavy (non-hydrogen) atoms. The molecule has 1 fully saturated rings. The van der Waals surface area contributed by atoms with Gasteiger partial charge in [0, 0.05) is 12.0 Å². The first-order chi connectivity index (χ1) is 8.57. The zero-order chi connectivity index (χ0) is 13.2. The van der Waals surface area contributed by atoms with E-state index in [0.29, 0.717) is 0 Å². The van der Waals surface area contributed by atoms with E-state index >= 15 is 0 Å². The molecule has 1 aromatic carbocycles. The predicted octanol–water partition coefficient (Wildman–Crippen LogP) is 2.70. The zero-order valence-corrected chi connectivity index (χ0v) is 11.8. The summed E-state index contributed by atoms with van der Waals surface area (Å²) in [6, 6.07) is 6.75. The average molecular weight is 247 g/mol. The highest BCUT2D eigenvalue weighted by Gasteiger charge is 2.36. The summed E-state index contributed by atoms with van der Waals surface area (Å²) >= 11 is 0. The number of rotatable bonds is 3. The third-order valence-electron chi connectivity index (χ3n) is 4.39. The van der Waals surface area contributed by atoms with Crippen molar-refractivity contribution in [1.82, 2.24) is 5.32 Å². The van der Waals surface area contributed by atoms with E-state index in [1.165, 1.54) is 16.7 Å². The standard InChI is InChI=1S/C16H25NO/c1-12-4-5-13(2)15(10-12)16(11-17-3)8-6-14(18)7-9-16/h4-5,10,14,17-18H,6-9,11H2,1-3H3. The highest BCUT2D eigenvalue weighted by Crippen LogP contribution is 2.40. The Morgan fingerprint density at radius 2 is 1.94 bits per heavy atom. The highest BCUT2D eigenvalue weighted by molar-refractivity contribution is 5.37. The minimum Gasteiger partial charge on any atom is -0.393 e. The summed E-state index contributed by atoms with van der Waals surface area (Å²) in [5, 5.41) is 13.1. The van der Waals surface area contributed by atoms with Gasteiger partial charge >= 0.3 is 0 Å². The number of benzene rings is 1. The summed E-state index contributed by atoms with van der Waals surface area (Å²) < 4.78 is 0. The fraction of sp³-hybridized carbons (Fsp3) is 0.625. The molecule has 0 bridgehead atoms. The Hall–Kier alpha value is -0.860. The van der Waals surface area contributed by atoms with E-state index in [1.807, 2.05) is 7.05 Å². The molecule has 0 aromatic heterocycles. The lowest BCUT2D eigenvalue weighted by Crippen LogP contribution is -2.41. The van der Waals surface area contributed by atoms with Crippen LogP contribution < -0.4 is 5.32 Å². The zero-order valence-electron chi connectivity index (χ0n) is 11.8. The van der Waals surface area contributed by atoms with Gasteiger partial charge in [0.1, 0.15) is 0 Å². The molecule has 100 valence electrons. The molecular weight excluding hydrogens is 222 g/mol. The van der Waals surface area contributed by atoms with Gasteiger partial charge in [-0.2, -0.15) is 0 Å². The predicted molar refractivity (Wildman–Crippen MR) is 76.0 cm³/mol. The van der Waals surface area contributed by atoms with Crippen LogP contribution in [-0.4, -0.2) is 24.8 Å². The van der Waals surface area contributed by atoms with Gasteiger partial charge in [-0.25, -0.2) is 0 Å². The van der Waals surface area contributed by atoms with Gasteiger partial charge in [0.05, 0.1) is 6.10 Å². The van der Waals surface area contributed by atoms with E-state index in [4.69, 9.17) is 0 Å². The van der Waals surface area contributed by atoms with Crippen molar-refractivity contribution in [3.05, 3.63) is 34.9 Å². The van der Waals surface area contributed by atoms with Gasteiger partial charge in [-0.15, -0.1) is 0 Å². The lowest BCUT2D eigenvalue weighted by molar-refractivity contribution is 0.0950. The Balaban J connectivity index is 2.37. The van der Waals surface area contributed by atoms with Gasteiger partial charge in [-0.05, 0) is 57.7 Å². The summed E-state index contributed by atoms with van der Waals surface area (Å²) in [5.74, 6) is 0. The van der Waals surface area contributed by atoms with Crippen molar-refractivity contribution < 1.29 is 5.11 Å². The number of aliphatic hydroxyl groups excluding tert-OH is 1. The average Bonchev–Trinajstić information content (AvgIpc) is 2.36. The van der Waals surface area contributed by atoms with Crippen LogP contribution in [0.4, 0.5) is 0 Å². The monoisotopic (exact) mass is 247 g/mol. The molecule has 0 radical (unpaired) electrons. The number of likely N-dealkylation sites (N-methyl/N-ethyl adjacent to an activating group) is 1. The first-order valence-corrected chi connectivity index (χ1v) is 6.98. The van der Waals surface area contributed by atoms with Crippen LogP contribution in [0.15, 0.2) is 18.2 Å². The minimum atomic E-state index is -0.0971. The quantitative estimate of drug-likeness (QED) is 0.860. The Labute approximate surface area is 110 Å². The maximum Gasteiger partial charge on any atom is 0.0541 e. The van der Waals surface area contributed by atoms with E-state index in [0.717, 1.165) is 32.2 Å². The van der Waals surface area contributed by atoms with E-state index in [2.05, 4.69) is 37.4 Å². The third-order valence-corrected chi connectivity index (χ3v) is 4.39. The van der Waals surface area contributed by atoms with Crippen LogP contribution in [0.2, 0.25) is 0 Å². The molecule has 2 rings (SSSR count). The molecule has 0 atom stereocenters. The summed E-state index contributed by atoms with van der Waals surface area (Å²) in [6.07, 6.45) is 3.92. The van der Waals surface area contributed by atoms with Gasteiger partial charge < -0.3 is 10.4 Å². The molecule has 0 saturated heterocycles. The molecule has 1 aromatic rings. The van der Waals surface area contributed by atoms with Crippen molar-refractivity contribution in [3.63, 3.8) is 0 Å². The topological polar surface area (TPSA) is 32.3 Å². The molecule has 1 aliphatic rings. The molecule has 0 heterocycles. The number of aliphatic hydroxyl groups is 1. The minimum absolute atomic E-state index is 0.0971. The maximum absolute atomic E-state index is 9.76. The number of nitrogens with one attached hydrogen (secondary N) is 1. The van der Waals surface area contributed by atoms with Gasteiger partial charge in [-0.3, -0.25) is 0 Å². The van der Waals surface area contributed by atoms with Crippen molar-refractivity contribution in [3.8, 4) is 0 Å². The van der Waals surface area contributed by atoms with Crippen LogP contribution in [0.1, 0.15) is 42.4 Å². The molecule has 1 saturated carbocycles. The van der Waals surface area contributed by atoms with E-state index < -0.39 is 0 Å². The molecule has 0 unspecified atom stereocenters. The molecule has 2 heteroatoms. The van der Waals surface area contributed by atoms with Crippen LogP contribution in [0, 0.1) is 13.8 Å². The lowest BCUT2D eigenvalue weighted by Gasteiger charge is -2.40. The Bertz CT molecular complexity index is 406. The van der Waals surface area contributed by atoms with E-state index in [9.17, 15) is 5.11 Å². The van der Waals surface area contributed by atoms with Crippen LogP contribution in [-0.2, 0) is 5.41 Å². The summed E-state index contributed by atoms with van der Waals surface area (Å²) in [5.41, 5.74) is 4.40.